The van der Waals surface area contributed by atoms with Gasteiger partial charge in [-0.15, -0.1) is 0 Å². The topological polar surface area (TPSA) is 67.4 Å². The highest BCUT2D eigenvalue weighted by Crippen LogP contribution is 2.30. The molecule has 0 aliphatic carbocycles. The zero-order valence-corrected chi connectivity index (χ0v) is 15.2. The van der Waals surface area contributed by atoms with Gasteiger partial charge in [0.15, 0.2) is 0 Å². The lowest BCUT2D eigenvalue weighted by molar-refractivity contribution is -0.123. The van der Waals surface area contributed by atoms with Gasteiger partial charge in [-0.05, 0) is 31.0 Å². The van der Waals surface area contributed by atoms with Crippen molar-refractivity contribution in [2.45, 2.75) is 20.3 Å². The minimum absolute atomic E-state index is 0.116. The number of anilines is 1. The average Bonchev–Trinajstić information content (AvgIpc) is 2.58. The number of methoxy groups -OCH3 is 1. The number of ether oxygens (including phenoxy) is 1. The number of hydrogen-bond donors (Lipinski definition) is 2. The highest BCUT2D eigenvalue weighted by molar-refractivity contribution is 6.31. The zero-order chi connectivity index (χ0) is 18.4. The van der Waals surface area contributed by atoms with Crippen molar-refractivity contribution < 1.29 is 14.3 Å². The van der Waals surface area contributed by atoms with Crippen molar-refractivity contribution in [3.8, 4) is 5.75 Å². The molecule has 132 valence electrons. The normalized spacial score (nSPS) is 10.2. The summed E-state index contributed by atoms with van der Waals surface area (Å²) in [5.74, 6) is -0.0783. The van der Waals surface area contributed by atoms with Gasteiger partial charge in [-0.25, -0.2) is 0 Å². The molecule has 5 nitrogen and oxygen atoms in total. The van der Waals surface area contributed by atoms with Crippen LogP contribution in [0.3, 0.4) is 0 Å². The van der Waals surface area contributed by atoms with Crippen molar-refractivity contribution in [1.29, 1.82) is 0 Å². The predicted molar refractivity (Wildman–Crippen MR) is 99.3 cm³/mol. The van der Waals surface area contributed by atoms with Crippen LogP contribution in [0.2, 0.25) is 5.02 Å². The molecule has 0 heterocycles. The standard InChI is InChI=1S/C19H21ClN2O3/c1-12-4-6-14(7-5-12)9-18(23)21-11-19(24)22-16-8-13(2)15(20)10-17(16)25-3/h4-8,10H,9,11H2,1-3H3,(H,21,23)(H,22,24). The lowest BCUT2D eigenvalue weighted by Gasteiger charge is -2.12. The molecule has 0 aliphatic rings. The molecular formula is C19H21ClN2O3. The first kappa shape index (κ1) is 18.8. The first-order valence-corrected chi connectivity index (χ1v) is 8.23. The third-order valence-electron chi connectivity index (χ3n) is 3.69. The Balaban J connectivity index is 1.89. The van der Waals surface area contributed by atoms with Crippen molar-refractivity contribution in [3.63, 3.8) is 0 Å². The zero-order valence-electron chi connectivity index (χ0n) is 14.5. The Labute approximate surface area is 152 Å². The number of carbonyl (C=O) groups is 2. The SMILES string of the molecule is COc1cc(Cl)c(C)cc1NC(=O)CNC(=O)Cc1ccc(C)cc1. The maximum Gasteiger partial charge on any atom is 0.243 e. The second-order valence-electron chi connectivity index (χ2n) is 5.79. The summed E-state index contributed by atoms with van der Waals surface area (Å²) in [6.07, 6.45) is 0.233. The highest BCUT2D eigenvalue weighted by Gasteiger charge is 2.11. The fourth-order valence-corrected chi connectivity index (χ4v) is 2.41. The van der Waals surface area contributed by atoms with Crippen LogP contribution in [0.5, 0.6) is 5.75 Å². The third-order valence-corrected chi connectivity index (χ3v) is 4.09. The van der Waals surface area contributed by atoms with E-state index in [9.17, 15) is 9.59 Å². The number of aryl methyl sites for hydroxylation is 2. The van der Waals surface area contributed by atoms with E-state index in [2.05, 4.69) is 10.6 Å². The van der Waals surface area contributed by atoms with E-state index in [4.69, 9.17) is 16.3 Å². The van der Waals surface area contributed by atoms with Crippen LogP contribution in [0.1, 0.15) is 16.7 Å². The van der Waals surface area contributed by atoms with Gasteiger partial charge < -0.3 is 15.4 Å². The van der Waals surface area contributed by atoms with Gasteiger partial charge in [0.05, 0.1) is 25.8 Å². The lowest BCUT2D eigenvalue weighted by Crippen LogP contribution is -2.33. The number of hydrogen-bond acceptors (Lipinski definition) is 3. The van der Waals surface area contributed by atoms with E-state index >= 15 is 0 Å². The Morgan fingerprint density at radius 2 is 1.76 bits per heavy atom. The Morgan fingerprint density at radius 1 is 1.08 bits per heavy atom. The van der Waals surface area contributed by atoms with Crippen molar-refractivity contribution >= 4 is 29.1 Å². The largest absolute Gasteiger partial charge is 0.495 e. The van der Waals surface area contributed by atoms with Gasteiger partial charge in [0.2, 0.25) is 11.8 Å². The first-order valence-electron chi connectivity index (χ1n) is 7.85. The van der Waals surface area contributed by atoms with E-state index in [1.807, 2.05) is 38.1 Å². The van der Waals surface area contributed by atoms with E-state index in [1.165, 1.54) is 7.11 Å². The number of amides is 2. The van der Waals surface area contributed by atoms with Crippen LogP contribution < -0.4 is 15.4 Å². The minimum atomic E-state index is -0.336. The molecule has 25 heavy (non-hydrogen) atoms. The molecule has 0 fully saturated rings. The Bertz CT molecular complexity index is 773. The molecule has 0 spiro atoms. The van der Waals surface area contributed by atoms with Crippen molar-refractivity contribution in [1.82, 2.24) is 5.32 Å². The minimum Gasteiger partial charge on any atom is -0.495 e. The molecule has 2 aromatic carbocycles. The molecule has 0 bridgehead atoms. The van der Waals surface area contributed by atoms with Crippen LogP contribution in [-0.2, 0) is 16.0 Å². The van der Waals surface area contributed by atoms with E-state index in [0.717, 1.165) is 16.7 Å². The molecule has 6 heteroatoms. The molecule has 0 radical (unpaired) electrons. The van der Waals surface area contributed by atoms with Crippen LogP contribution in [0, 0.1) is 13.8 Å². The molecule has 0 saturated heterocycles. The summed E-state index contributed by atoms with van der Waals surface area (Å²) < 4.78 is 5.21. The summed E-state index contributed by atoms with van der Waals surface area (Å²) >= 11 is 6.04. The number of carbonyl (C=O) groups excluding carboxylic acids is 2. The van der Waals surface area contributed by atoms with Crippen LogP contribution in [0.4, 0.5) is 5.69 Å². The van der Waals surface area contributed by atoms with Crippen LogP contribution in [-0.4, -0.2) is 25.5 Å². The van der Waals surface area contributed by atoms with Gasteiger partial charge >= 0.3 is 0 Å². The van der Waals surface area contributed by atoms with Gasteiger partial charge in [0, 0.05) is 11.1 Å². The van der Waals surface area contributed by atoms with Crippen molar-refractivity contribution in [2.24, 2.45) is 0 Å². The maximum atomic E-state index is 12.1. The summed E-state index contributed by atoms with van der Waals surface area (Å²) in [7, 11) is 1.50. The molecular weight excluding hydrogens is 340 g/mol. The molecule has 0 aliphatic heterocycles. The van der Waals surface area contributed by atoms with Crippen LogP contribution in [0.25, 0.3) is 0 Å². The fourth-order valence-electron chi connectivity index (χ4n) is 2.26. The number of halogens is 1. The van der Waals surface area contributed by atoms with Gasteiger partial charge in [-0.1, -0.05) is 41.4 Å². The van der Waals surface area contributed by atoms with Crippen molar-refractivity contribution in [3.05, 3.63) is 58.1 Å². The van der Waals surface area contributed by atoms with Crippen LogP contribution in [0.15, 0.2) is 36.4 Å². The lowest BCUT2D eigenvalue weighted by atomic mass is 10.1. The fraction of sp³-hybridized carbons (Fsp3) is 0.263. The molecule has 2 amide bonds. The molecule has 2 aromatic rings. The molecule has 2 N–H and O–H groups in total. The first-order chi connectivity index (χ1) is 11.9. The summed E-state index contributed by atoms with van der Waals surface area (Å²) in [6.45, 7) is 3.71. The summed E-state index contributed by atoms with van der Waals surface area (Å²) in [6, 6.07) is 11.1. The average molecular weight is 361 g/mol. The summed E-state index contributed by atoms with van der Waals surface area (Å²) in [4.78, 5) is 24.0. The number of rotatable bonds is 6. The number of benzene rings is 2. The highest BCUT2D eigenvalue weighted by atomic mass is 35.5. The second-order valence-corrected chi connectivity index (χ2v) is 6.20. The molecule has 0 saturated carbocycles. The van der Waals surface area contributed by atoms with Crippen molar-refractivity contribution in [2.75, 3.05) is 19.0 Å². The Kier molecular flexibility index (Phi) is 6.42. The summed E-state index contributed by atoms with van der Waals surface area (Å²) in [5, 5.41) is 5.89. The third kappa shape index (κ3) is 5.50. The van der Waals surface area contributed by atoms with E-state index < -0.39 is 0 Å². The molecule has 0 atom stereocenters. The quantitative estimate of drug-likeness (QED) is 0.830. The maximum absolute atomic E-state index is 12.1. The van der Waals surface area contributed by atoms with Gasteiger partial charge in [-0.2, -0.15) is 0 Å². The number of nitrogens with one attached hydrogen (secondary N) is 2. The smallest absolute Gasteiger partial charge is 0.243 e. The van der Waals surface area contributed by atoms with Crippen LogP contribution >= 0.6 is 11.6 Å². The van der Waals surface area contributed by atoms with E-state index in [1.54, 1.807) is 12.1 Å². The van der Waals surface area contributed by atoms with E-state index in [-0.39, 0.29) is 24.8 Å². The monoisotopic (exact) mass is 360 g/mol. The summed E-state index contributed by atoms with van der Waals surface area (Å²) in [5.41, 5.74) is 3.37. The van der Waals surface area contributed by atoms with Gasteiger partial charge in [-0.3, -0.25) is 9.59 Å². The Morgan fingerprint density at radius 3 is 2.40 bits per heavy atom. The predicted octanol–water partition coefficient (Wildman–Crippen LogP) is 3.26. The molecule has 0 unspecified atom stereocenters. The second kappa shape index (κ2) is 8.53. The molecule has 0 aromatic heterocycles. The van der Waals surface area contributed by atoms with Gasteiger partial charge in [0.1, 0.15) is 5.75 Å². The van der Waals surface area contributed by atoms with E-state index in [0.29, 0.717) is 16.5 Å². The Hall–Kier alpha value is -2.53. The van der Waals surface area contributed by atoms with Gasteiger partial charge in [0.25, 0.3) is 0 Å². The molecule has 2 rings (SSSR count).